The van der Waals surface area contributed by atoms with Gasteiger partial charge in [0.2, 0.25) is 0 Å². The zero-order chi connectivity index (χ0) is 22.5. The average molecular weight is 417 g/mol. The normalized spacial score (nSPS) is 11.2. The molecule has 0 aliphatic rings. The van der Waals surface area contributed by atoms with E-state index in [-0.39, 0.29) is 12.0 Å². The van der Waals surface area contributed by atoms with E-state index in [0.717, 1.165) is 51.6 Å². The van der Waals surface area contributed by atoms with E-state index >= 15 is 0 Å². The van der Waals surface area contributed by atoms with E-state index in [1.165, 1.54) is 0 Å². The van der Waals surface area contributed by atoms with Crippen molar-refractivity contribution in [1.82, 2.24) is 9.55 Å². The smallest absolute Gasteiger partial charge is 0.258 e. The van der Waals surface area contributed by atoms with Crippen molar-refractivity contribution in [1.29, 1.82) is 0 Å². The molecule has 0 aliphatic heterocycles. The number of pyridine rings is 2. The first kappa shape index (κ1) is 22.2. The van der Waals surface area contributed by atoms with Crippen molar-refractivity contribution in [3.63, 3.8) is 0 Å². The molecule has 1 aromatic carbocycles. The molecule has 3 aromatic rings. The summed E-state index contributed by atoms with van der Waals surface area (Å²) in [5, 5.41) is 0.960. The molecular weight excluding hydrogens is 388 g/mol. The van der Waals surface area contributed by atoms with Crippen molar-refractivity contribution in [3.8, 4) is 16.9 Å². The minimum atomic E-state index is -0.179. The summed E-state index contributed by atoms with van der Waals surface area (Å²) in [5.74, 6) is 0.782. The highest BCUT2D eigenvalue weighted by Gasteiger charge is 2.22. The van der Waals surface area contributed by atoms with Crippen LogP contribution < -0.4 is 10.3 Å². The van der Waals surface area contributed by atoms with E-state index in [9.17, 15) is 9.59 Å². The SMILES string of the molecule is C=Cc1c(/C=C\C)c(-c2ccc(OCC)c3c(CC)ccnc23)c(CC=O)n(C)c1=O. The average Bonchev–Trinajstić information content (AvgIpc) is 2.78. The second kappa shape index (κ2) is 9.56. The molecule has 3 rings (SSSR count). The second-order valence-corrected chi connectivity index (χ2v) is 7.18. The van der Waals surface area contributed by atoms with Crippen molar-refractivity contribution in [3.05, 3.63) is 69.8 Å². The van der Waals surface area contributed by atoms with E-state index in [4.69, 9.17) is 9.72 Å². The van der Waals surface area contributed by atoms with Crippen LogP contribution in [-0.4, -0.2) is 22.4 Å². The lowest BCUT2D eigenvalue weighted by molar-refractivity contribution is -0.107. The molecule has 0 aliphatic carbocycles. The van der Waals surface area contributed by atoms with Gasteiger partial charge in [0.25, 0.3) is 5.56 Å². The van der Waals surface area contributed by atoms with E-state index in [2.05, 4.69) is 13.5 Å². The maximum Gasteiger partial charge on any atom is 0.258 e. The van der Waals surface area contributed by atoms with Gasteiger partial charge in [0, 0.05) is 47.4 Å². The van der Waals surface area contributed by atoms with E-state index < -0.39 is 0 Å². The Balaban J connectivity index is 2.57. The largest absolute Gasteiger partial charge is 0.493 e. The predicted molar refractivity (Wildman–Crippen MR) is 128 cm³/mol. The molecule has 0 atom stereocenters. The summed E-state index contributed by atoms with van der Waals surface area (Å²) in [6.45, 7) is 10.4. The molecule has 0 saturated carbocycles. The first-order valence-corrected chi connectivity index (χ1v) is 10.5. The van der Waals surface area contributed by atoms with E-state index in [1.54, 1.807) is 23.9 Å². The number of hydrogen-bond acceptors (Lipinski definition) is 4. The monoisotopic (exact) mass is 416 g/mol. The topological polar surface area (TPSA) is 61.2 Å². The Bertz CT molecular complexity index is 1240. The fraction of sp³-hybridized carbons (Fsp3) is 0.269. The van der Waals surface area contributed by atoms with Gasteiger partial charge in [-0.1, -0.05) is 31.7 Å². The van der Waals surface area contributed by atoms with Crippen LogP contribution in [0.5, 0.6) is 5.75 Å². The molecule has 0 N–H and O–H groups in total. The number of benzene rings is 1. The van der Waals surface area contributed by atoms with Gasteiger partial charge >= 0.3 is 0 Å². The lowest BCUT2D eigenvalue weighted by Gasteiger charge is -2.20. The number of allylic oxidation sites excluding steroid dienone is 1. The fourth-order valence-electron chi connectivity index (χ4n) is 4.11. The third-order valence-corrected chi connectivity index (χ3v) is 5.49. The molecule has 2 aromatic heterocycles. The molecular formula is C26H28N2O3. The van der Waals surface area contributed by atoms with Crippen molar-refractivity contribution < 1.29 is 9.53 Å². The number of ether oxygens (including phenoxy) is 1. The number of carbonyl (C=O) groups excluding carboxylic acids is 1. The maximum atomic E-state index is 13.0. The Kier molecular flexibility index (Phi) is 6.85. The van der Waals surface area contributed by atoms with Gasteiger partial charge in [-0.25, -0.2) is 0 Å². The Morgan fingerprint density at radius 3 is 2.58 bits per heavy atom. The molecule has 0 unspecified atom stereocenters. The molecule has 5 heteroatoms. The predicted octanol–water partition coefficient (Wildman–Crippen LogP) is 4.98. The Hall–Kier alpha value is -3.47. The van der Waals surface area contributed by atoms with Crippen molar-refractivity contribution in [2.75, 3.05) is 6.61 Å². The molecule has 0 radical (unpaired) electrons. The zero-order valence-electron chi connectivity index (χ0n) is 18.6. The quantitative estimate of drug-likeness (QED) is 0.486. The van der Waals surface area contributed by atoms with Crippen LogP contribution >= 0.6 is 0 Å². The first-order valence-electron chi connectivity index (χ1n) is 10.5. The highest BCUT2D eigenvalue weighted by molar-refractivity contribution is 6.02. The van der Waals surface area contributed by atoms with Gasteiger partial charge in [0.15, 0.2) is 0 Å². The molecule has 31 heavy (non-hydrogen) atoms. The number of nitrogens with zero attached hydrogens (tertiary/aromatic N) is 2. The van der Waals surface area contributed by atoms with E-state index in [1.807, 2.05) is 44.2 Å². The van der Waals surface area contributed by atoms with Gasteiger partial charge in [0.1, 0.15) is 12.0 Å². The van der Waals surface area contributed by atoms with Gasteiger partial charge < -0.3 is 14.1 Å². The molecule has 0 bridgehead atoms. The molecule has 0 saturated heterocycles. The lowest BCUT2D eigenvalue weighted by Crippen LogP contribution is -2.25. The van der Waals surface area contributed by atoms with Crippen LogP contribution in [0, 0.1) is 0 Å². The van der Waals surface area contributed by atoms with Crippen LogP contribution in [0.15, 0.2) is 41.8 Å². The highest BCUT2D eigenvalue weighted by Crippen LogP contribution is 2.39. The Morgan fingerprint density at radius 2 is 1.97 bits per heavy atom. The van der Waals surface area contributed by atoms with Crippen molar-refractivity contribution >= 4 is 29.3 Å². The van der Waals surface area contributed by atoms with Crippen molar-refractivity contribution in [2.45, 2.75) is 33.6 Å². The van der Waals surface area contributed by atoms with Gasteiger partial charge in [-0.15, -0.1) is 0 Å². The summed E-state index contributed by atoms with van der Waals surface area (Å²) in [6, 6.07) is 5.92. The van der Waals surface area contributed by atoms with E-state index in [0.29, 0.717) is 17.9 Å². The van der Waals surface area contributed by atoms with Crippen LogP contribution in [0.25, 0.3) is 34.2 Å². The number of hydrogen-bond donors (Lipinski definition) is 0. The molecule has 160 valence electrons. The third kappa shape index (κ3) is 3.83. The first-order chi connectivity index (χ1) is 15.0. The van der Waals surface area contributed by atoms with Crippen molar-refractivity contribution in [2.24, 2.45) is 7.05 Å². The van der Waals surface area contributed by atoms with Crippen LogP contribution in [0.2, 0.25) is 0 Å². The molecule has 0 spiro atoms. The Morgan fingerprint density at radius 1 is 1.19 bits per heavy atom. The summed E-state index contributed by atoms with van der Waals surface area (Å²) in [6.07, 6.45) is 8.93. The minimum absolute atomic E-state index is 0.116. The number of rotatable bonds is 8. The summed E-state index contributed by atoms with van der Waals surface area (Å²) < 4.78 is 7.46. The lowest BCUT2D eigenvalue weighted by atomic mass is 9.90. The molecule has 0 amide bonds. The molecule has 5 nitrogen and oxygen atoms in total. The van der Waals surface area contributed by atoms with Gasteiger partial charge in [-0.3, -0.25) is 9.78 Å². The number of aryl methyl sites for hydroxylation is 1. The zero-order valence-corrected chi connectivity index (χ0v) is 18.6. The minimum Gasteiger partial charge on any atom is -0.493 e. The number of carbonyl (C=O) groups is 1. The van der Waals surface area contributed by atoms with Crippen LogP contribution in [-0.2, 0) is 24.7 Å². The molecule has 2 heterocycles. The van der Waals surface area contributed by atoms with Gasteiger partial charge in [-0.2, -0.15) is 0 Å². The highest BCUT2D eigenvalue weighted by atomic mass is 16.5. The Labute approximate surface area is 182 Å². The molecule has 0 fully saturated rings. The van der Waals surface area contributed by atoms with Crippen LogP contribution in [0.1, 0.15) is 43.2 Å². The van der Waals surface area contributed by atoms with Gasteiger partial charge in [0.05, 0.1) is 12.1 Å². The number of aldehydes is 1. The summed E-state index contributed by atoms with van der Waals surface area (Å²) in [4.78, 5) is 29.3. The third-order valence-electron chi connectivity index (χ3n) is 5.49. The summed E-state index contributed by atoms with van der Waals surface area (Å²) >= 11 is 0. The second-order valence-electron chi connectivity index (χ2n) is 7.18. The maximum absolute atomic E-state index is 13.0. The standard InChI is InChI=1S/C26H28N2O3/c1-6-10-19-18(8-3)26(30)28(5)21(14-16-29)24(19)20-11-12-22(31-9-4)23-17(7-2)13-15-27-25(20)23/h6,8,10-13,15-16H,3,7,9,14H2,1-2,4-5H3/b10-6-. The fourth-order valence-corrected chi connectivity index (χ4v) is 4.11. The number of fused-ring (bicyclic) bond motifs is 1. The van der Waals surface area contributed by atoms with Crippen LogP contribution in [0.3, 0.4) is 0 Å². The van der Waals surface area contributed by atoms with Gasteiger partial charge in [-0.05, 0) is 49.6 Å². The van der Waals surface area contributed by atoms with Crippen LogP contribution in [0.4, 0.5) is 0 Å². The summed E-state index contributed by atoms with van der Waals surface area (Å²) in [5.41, 5.74) is 5.30. The summed E-state index contributed by atoms with van der Waals surface area (Å²) in [7, 11) is 1.69. The number of aromatic nitrogens is 2.